The largest absolute Gasteiger partial charge is 0.481 e. The third-order valence-electron chi connectivity index (χ3n) is 3.50. The zero-order valence-corrected chi connectivity index (χ0v) is 10.7. The lowest BCUT2D eigenvalue weighted by Crippen LogP contribution is -2.31. The monoisotopic (exact) mass is 264 g/mol. The summed E-state index contributed by atoms with van der Waals surface area (Å²) in [6.45, 7) is 2.37. The van der Waals surface area contributed by atoms with E-state index < -0.39 is 5.97 Å². The summed E-state index contributed by atoms with van der Waals surface area (Å²) in [7, 11) is 0. The average molecular weight is 264 g/mol. The lowest BCUT2D eigenvalue weighted by atomic mass is 10.1. The number of aliphatic carboxylic acids is 1. The van der Waals surface area contributed by atoms with E-state index in [1.165, 1.54) is 0 Å². The number of carboxylic acid groups (broad SMARTS) is 1. The van der Waals surface area contributed by atoms with Crippen LogP contribution in [0.5, 0.6) is 0 Å². The molecular formula is C13H16N2O4. The summed E-state index contributed by atoms with van der Waals surface area (Å²) in [5, 5.41) is 20.1. The molecule has 1 heterocycles. The van der Waals surface area contributed by atoms with E-state index in [4.69, 9.17) is 5.11 Å². The Bertz CT molecular complexity index is 515. The van der Waals surface area contributed by atoms with Gasteiger partial charge in [0.25, 0.3) is 5.69 Å². The molecule has 19 heavy (non-hydrogen) atoms. The second-order valence-corrected chi connectivity index (χ2v) is 4.79. The van der Waals surface area contributed by atoms with Gasteiger partial charge in [0, 0.05) is 18.2 Å². The van der Waals surface area contributed by atoms with E-state index in [2.05, 4.69) is 0 Å². The van der Waals surface area contributed by atoms with Crippen LogP contribution >= 0.6 is 0 Å². The zero-order valence-electron chi connectivity index (χ0n) is 10.7. The number of nitrogens with zero attached hydrogens (tertiary/aromatic N) is 2. The number of carbonyl (C=O) groups is 1. The number of aryl methyl sites for hydroxylation is 1. The Morgan fingerprint density at radius 3 is 2.95 bits per heavy atom. The molecule has 2 rings (SSSR count). The second-order valence-electron chi connectivity index (χ2n) is 4.79. The van der Waals surface area contributed by atoms with E-state index in [9.17, 15) is 14.9 Å². The molecule has 1 aromatic rings. The molecule has 1 aliphatic heterocycles. The molecule has 6 heteroatoms. The maximum absolute atomic E-state index is 11.2. The van der Waals surface area contributed by atoms with Crippen molar-refractivity contribution >= 4 is 17.3 Å². The fourth-order valence-corrected chi connectivity index (χ4v) is 2.68. The topological polar surface area (TPSA) is 83.7 Å². The minimum Gasteiger partial charge on any atom is -0.481 e. The first kappa shape index (κ1) is 13.3. The van der Waals surface area contributed by atoms with Crippen LogP contribution in [0, 0.1) is 17.0 Å². The van der Waals surface area contributed by atoms with Crippen LogP contribution in [-0.4, -0.2) is 28.6 Å². The molecule has 0 aromatic heterocycles. The highest BCUT2D eigenvalue weighted by molar-refractivity contribution is 5.71. The molecule has 0 amide bonds. The first-order chi connectivity index (χ1) is 9.00. The van der Waals surface area contributed by atoms with Gasteiger partial charge >= 0.3 is 5.97 Å². The first-order valence-corrected chi connectivity index (χ1v) is 6.23. The Morgan fingerprint density at radius 1 is 1.58 bits per heavy atom. The van der Waals surface area contributed by atoms with Gasteiger partial charge < -0.3 is 10.0 Å². The molecule has 1 atom stereocenters. The molecule has 1 aliphatic rings. The molecule has 0 saturated carbocycles. The quantitative estimate of drug-likeness (QED) is 0.666. The Hall–Kier alpha value is -2.11. The maximum atomic E-state index is 11.2. The van der Waals surface area contributed by atoms with Crippen LogP contribution in [0.4, 0.5) is 11.4 Å². The van der Waals surface area contributed by atoms with Crippen LogP contribution in [-0.2, 0) is 4.79 Å². The van der Waals surface area contributed by atoms with Gasteiger partial charge in [-0.1, -0.05) is 12.1 Å². The van der Waals surface area contributed by atoms with E-state index in [-0.39, 0.29) is 23.1 Å². The smallest absolute Gasteiger partial charge is 0.305 e. The van der Waals surface area contributed by atoms with Gasteiger partial charge in [0.15, 0.2) is 0 Å². The minimum atomic E-state index is -0.868. The van der Waals surface area contributed by atoms with E-state index in [1.807, 2.05) is 4.90 Å². The molecule has 6 nitrogen and oxygen atoms in total. The van der Waals surface area contributed by atoms with Crippen LogP contribution < -0.4 is 4.90 Å². The number of hydrogen-bond donors (Lipinski definition) is 1. The van der Waals surface area contributed by atoms with Crippen molar-refractivity contribution in [1.82, 2.24) is 0 Å². The zero-order chi connectivity index (χ0) is 14.0. The highest BCUT2D eigenvalue weighted by atomic mass is 16.6. The van der Waals surface area contributed by atoms with Crippen molar-refractivity contribution in [3.8, 4) is 0 Å². The lowest BCUT2D eigenvalue weighted by molar-refractivity contribution is -0.384. The average Bonchev–Trinajstić information content (AvgIpc) is 2.75. The Morgan fingerprint density at radius 2 is 2.32 bits per heavy atom. The predicted octanol–water partition coefficient (Wildman–Crippen LogP) is 2.35. The lowest BCUT2D eigenvalue weighted by Gasteiger charge is -2.25. The SMILES string of the molecule is Cc1cccc(N2CCCC2CC(=O)O)c1[N+](=O)[O-]. The van der Waals surface area contributed by atoms with Crippen molar-refractivity contribution in [2.24, 2.45) is 0 Å². The van der Waals surface area contributed by atoms with E-state index in [0.717, 1.165) is 12.8 Å². The van der Waals surface area contributed by atoms with E-state index >= 15 is 0 Å². The third kappa shape index (κ3) is 2.67. The highest BCUT2D eigenvalue weighted by Gasteiger charge is 2.31. The first-order valence-electron chi connectivity index (χ1n) is 6.23. The number of rotatable bonds is 4. The standard InChI is InChI=1S/C13H16N2O4/c1-9-4-2-6-11(13(9)15(18)19)14-7-3-5-10(14)8-12(16)17/h2,4,6,10H,3,5,7-8H2,1H3,(H,16,17). The van der Waals surface area contributed by atoms with Gasteiger partial charge in [-0.3, -0.25) is 14.9 Å². The molecule has 0 bridgehead atoms. The number of anilines is 1. The highest BCUT2D eigenvalue weighted by Crippen LogP contribution is 2.36. The summed E-state index contributed by atoms with van der Waals surface area (Å²) in [5.74, 6) is -0.868. The van der Waals surface area contributed by atoms with Crippen molar-refractivity contribution < 1.29 is 14.8 Å². The van der Waals surface area contributed by atoms with Gasteiger partial charge in [0.1, 0.15) is 5.69 Å². The van der Waals surface area contributed by atoms with Gasteiger partial charge in [-0.15, -0.1) is 0 Å². The van der Waals surface area contributed by atoms with Gasteiger partial charge in [0.2, 0.25) is 0 Å². The predicted molar refractivity (Wildman–Crippen MR) is 70.5 cm³/mol. The number of nitro benzene ring substituents is 1. The maximum Gasteiger partial charge on any atom is 0.305 e. The van der Waals surface area contributed by atoms with Gasteiger partial charge in [-0.2, -0.15) is 0 Å². The summed E-state index contributed by atoms with van der Waals surface area (Å²) in [4.78, 5) is 23.5. The summed E-state index contributed by atoms with van der Waals surface area (Å²) >= 11 is 0. The van der Waals surface area contributed by atoms with Crippen molar-refractivity contribution in [3.63, 3.8) is 0 Å². The molecule has 0 aliphatic carbocycles. The fourth-order valence-electron chi connectivity index (χ4n) is 2.68. The molecule has 0 radical (unpaired) electrons. The van der Waals surface area contributed by atoms with Gasteiger partial charge in [0.05, 0.1) is 11.3 Å². The molecular weight excluding hydrogens is 248 g/mol. The number of para-hydroxylation sites is 1. The van der Waals surface area contributed by atoms with Gasteiger partial charge in [-0.05, 0) is 25.8 Å². The van der Waals surface area contributed by atoms with Crippen LogP contribution in [0.3, 0.4) is 0 Å². The molecule has 1 fully saturated rings. The molecule has 1 saturated heterocycles. The summed E-state index contributed by atoms with van der Waals surface area (Å²) in [6.07, 6.45) is 1.64. The molecule has 1 aromatic carbocycles. The minimum absolute atomic E-state index is 0.0189. The van der Waals surface area contributed by atoms with Crippen molar-refractivity contribution in [2.75, 3.05) is 11.4 Å². The Balaban J connectivity index is 2.38. The van der Waals surface area contributed by atoms with E-state index in [1.54, 1.807) is 25.1 Å². The van der Waals surface area contributed by atoms with Crippen molar-refractivity contribution in [1.29, 1.82) is 0 Å². The summed E-state index contributed by atoms with van der Waals surface area (Å²) < 4.78 is 0. The number of benzene rings is 1. The number of carboxylic acids is 1. The van der Waals surface area contributed by atoms with Crippen LogP contribution in [0.2, 0.25) is 0 Å². The molecule has 1 unspecified atom stereocenters. The normalized spacial score (nSPS) is 18.6. The fraction of sp³-hybridized carbons (Fsp3) is 0.462. The van der Waals surface area contributed by atoms with Crippen molar-refractivity contribution in [2.45, 2.75) is 32.2 Å². The molecule has 1 N–H and O–H groups in total. The molecule has 0 spiro atoms. The van der Waals surface area contributed by atoms with Gasteiger partial charge in [-0.25, -0.2) is 0 Å². The number of nitro groups is 1. The van der Waals surface area contributed by atoms with E-state index in [0.29, 0.717) is 17.8 Å². The molecule has 102 valence electrons. The Kier molecular flexibility index (Phi) is 3.69. The van der Waals surface area contributed by atoms with Crippen LogP contribution in [0.15, 0.2) is 18.2 Å². The van der Waals surface area contributed by atoms with Crippen LogP contribution in [0.25, 0.3) is 0 Å². The summed E-state index contributed by atoms with van der Waals surface area (Å²) in [6, 6.07) is 5.02. The number of hydrogen-bond acceptors (Lipinski definition) is 4. The van der Waals surface area contributed by atoms with Crippen molar-refractivity contribution in [3.05, 3.63) is 33.9 Å². The third-order valence-corrected chi connectivity index (χ3v) is 3.50. The second kappa shape index (κ2) is 5.26. The summed E-state index contributed by atoms with van der Waals surface area (Å²) in [5.41, 5.74) is 1.22. The van der Waals surface area contributed by atoms with Crippen LogP contribution in [0.1, 0.15) is 24.8 Å². The Labute approximate surface area is 110 Å².